The van der Waals surface area contributed by atoms with Gasteiger partial charge < -0.3 is 4.74 Å². The topological polar surface area (TPSA) is 38.3 Å². The van der Waals surface area contributed by atoms with E-state index in [9.17, 15) is 4.79 Å². The highest BCUT2D eigenvalue weighted by Crippen LogP contribution is 1.81. The van der Waals surface area contributed by atoms with E-state index in [-0.39, 0.29) is 6.61 Å². The molecule has 0 aliphatic carbocycles. The third-order valence-corrected chi connectivity index (χ3v) is 1.11. The van der Waals surface area contributed by atoms with Gasteiger partial charge in [-0.15, -0.1) is 0 Å². The first kappa shape index (κ1) is 11.5. The molecule has 3 nitrogen and oxygen atoms in total. The predicted octanol–water partition coefficient (Wildman–Crippen LogP) is 2.38. The molecule has 0 aromatic carbocycles. The second-order valence-electron chi connectivity index (χ2n) is 2.23. The molecule has 0 bridgehead atoms. The largest absolute Gasteiger partial charge is 0.445 e. The molecule has 0 spiro atoms. The quantitative estimate of drug-likeness (QED) is 0.522. The number of carbonyl (C=O) groups is 1. The molecule has 0 rings (SSSR count). The molecular weight excluding hydrogens is 166 g/mol. The Balaban J connectivity index is 3.50. The fourth-order valence-corrected chi connectivity index (χ4v) is 0.563. The molecule has 0 saturated carbocycles. The Hall–Kier alpha value is -1.51. The Morgan fingerprint density at radius 1 is 1.54 bits per heavy atom. The Morgan fingerprint density at radius 3 is 2.92 bits per heavy atom. The van der Waals surface area contributed by atoms with Crippen LogP contribution in [-0.2, 0) is 4.74 Å². The normalized spacial score (nSPS) is 10.5. The monoisotopic (exact) mass is 181 g/mol. The number of nitrogens with one attached hydrogen (secondary N) is 1. The summed E-state index contributed by atoms with van der Waals surface area (Å²) < 4.78 is 4.65. The fraction of sp³-hybridized carbons (Fsp3) is 0.300. The predicted molar refractivity (Wildman–Crippen MR) is 53.3 cm³/mol. The van der Waals surface area contributed by atoms with Gasteiger partial charge in [0.15, 0.2) is 0 Å². The van der Waals surface area contributed by atoms with Crippen molar-refractivity contribution in [2.45, 2.75) is 13.3 Å². The third-order valence-electron chi connectivity index (χ3n) is 1.11. The van der Waals surface area contributed by atoms with Gasteiger partial charge in [0, 0.05) is 6.20 Å². The van der Waals surface area contributed by atoms with Crippen molar-refractivity contribution in [2.24, 2.45) is 0 Å². The average Bonchev–Trinajstić information content (AvgIpc) is 2.14. The van der Waals surface area contributed by atoms with Gasteiger partial charge in [-0.05, 0) is 12.5 Å². The smallest absolute Gasteiger partial charge is 0.411 e. The summed E-state index contributed by atoms with van der Waals surface area (Å²) in [5.41, 5.74) is 0. The number of carbonyl (C=O) groups excluding carboxylic acids is 1. The molecule has 3 heteroatoms. The molecule has 0 saturated heterocycles. The zero-order valence-electron chi connectivity index (χ0n) is 7.82. The first-order valence-electron chi connectivity index (χ1n) is 4.17. The molecule has 0 aromatic heterocycles. The summed E-state index contributed by atoms with van der Waals surface area (Å²) in [7, 11) is 0. The molecular formula is C10H15NO2. The van der Waals surface area contributed by atoms with Crippen molar-refractivity contribution in [3.8, 4) is 0 Å². The zero-order chi connectivity index (χ0) is 9.94. The minimum atomic E-state index is -0.471. The Bertz CT molecular complexity index is 207. The van der Waals surface area contributed by atoms with E-state index >= 15 is 0 Å². The van der Waals surface area contributed by atoms with Gasteiger partial charge in [0.2, 0.25) is 0 Å². The molecule has 0 heterocycles. The van der Waals surface area contributed by atoms with E-state index in [4.69, 9.17) is 0 Å². The highest BCUT2D eigenvalue weighted by molar-refractivity contribution is 5.68. The van der Waals surface area contributed by atoms with E-state index in [1.54, 1.807) is 6.08 Å². The summed E-state index contributed by atoms with van der Waals surface area (Å²) in [5.74, 6) is 0. The van der Waals surface area contributed by atoms with E-state index in [1.165, 1.54) is 12.3 Å². The van der Waals surface area contributed by atoms with Gasteiger partial charge in [-0.25, -0.2) is 4.79 Å². The van der Waals surface area contributed by atoms with Crippen LogP contribution in [0.15, 0.2) is 37.1 Å². The first-order valence-corrected chi connectivity index (χ1v) is 4.17. The molecule has 0 aliphatic rings. The van der Waals surface area contributed by atoms with Gasteiger partial charge in [-0.2, -0.15) is 0 Å². The number of hydrogen-bond acceptors (Lipinski definition) is 2. The number of amides is 1. The van der Waals surface area contributed by atoms with Crippen molar-refractivity contribution in [1.82, 2.24) is 5.32 Å². The fourth-order valence-electron chi connectivity index (χ4n) is 0.563. The molecule has 1 N–H and O–H groups in total. The van der Waals surface area contributed by atoms with Crippen molar-refractivity contribution < 1.29 is 9.53 Å². The molecule has 0 aliphatic heterocycles. The molecule has 0 fully saturated rings. The van der Waals surface area contributed by atoms with Crippen LogP contribution in [0.1, 0.15) is 13.3 Å². The number of ether oxygens (including phenoxy) is 1. The Morgan fingerprint density at radius 2 is 2.31 bits per heavy atom. The van der Waals surface area contributed by atoms with E-state index in [2.05, 4.69) is 16.6 Å². The van der Waals surface area contributed by atoms with Crippen molar-refractivity contribution in [3.63, 3.8) is 0 Å². The Kier molecular flexibility index (Phi) is 7.59. The van der Waals surface area contributed by atoms with Crippen LogP contribution in [0.25, 0.3) is 0 Å². The van der Waals surface area contributed by atoms with Gasteiger partial charge in [-0.1, -0.05) is 31.7 Å². The van der Waals surface area contributed by atoms with E-state index < -0.39 is 6.09 Å². The van der Waals surface area contributed by atoms with Crippen molar-refractivity contribution >= 4 is 6.09 Å². The lowest BCUT2D eigenvalue weighted by Gasteiger charge is -1.98. The van der Waals surface area contributed by atoms with Gasteiger partial charge in [-0.3, -0.25) is 5.32 Å². The lowest BCUT2D eigenvalue weighted by atomic mass is 10.4. The van der Waals surface area contributed by atoms with Crippen LogP contribution in [0.2, 0.25) is 0 Å². The SMILES string of the molecule is C=CCOC(=O)N/C=C/C=C/CC. The van der Waals surface area contributed by atoms with Crippen molar-refractivity contribution in [1.29, 1.82) is 0 Å². The maximum atomic E-state index is 10.8. The van der Waals surface area contributed by atoms with Crippen LogP contribution in [0, 0.1) is 0 Å². The Labute approximate surface area is 78.8 Å². The molecule has 72 valence electrons. The maximum Gasteiger partial charge on any atom is 0.411 e. The molecule has 13 heavy (non-hydrogen) atoms. The molecule has 0 unspecified atom stereocenters. The summed E-state index contributed by atoms with van der Waals surface area (Å²) in [6.45, 7) is 5.68. The van der Waals surface area contributed by atoms with Crippen molar-refractivity contribution in [3.05, 3.63) is 37.1 Å². The summed E-state index contributed by atoms with van der Waals surface area (Å²) in [4.78, 5) is 10.8. The number of alkyl carbamates (subject to hydrolysis) is 1. The summed E-state index contributed by atoms with van der Waals surface area (Å²) >= 11 is 0. The number of rotatable bonds is 5. The van der Waals surface area contributed by atoms with Crippen LogP contribution in [0.4, 0.5) is 4.79 Å². The molecule has 1 amide bonds. The van der Waals surface area contributed by atoms with Gasteiger partial charge in [0.25, 0.3) is 0 Å². The number of allylic oxidation sites excluding steroid dienone is 3. The molecule has 0 atom stereocenters. The van der Waals surface area contributed by atoms with Crippen LogP contribution in [-0.4, -0.2) is 12.7 Å². The second-order valence-corrected chi connectivity index (χ2v) is 2.23. The lowest BCUT2D eigenvalue weighted by Crippen LogP contribution is -2.18. The second kappa shape index (κ2) is 8.59. The van der Waals surface area contributed by atoms with E-state index in [0.717, 1.165) is 6.42 Å². The zero-order valence-corrected chi connectivity index (χ0v) is 7.82. The third kappa shape index (κ3) is 8.40. The van der Waals surface area contributed by atoms with Crippen LogP contribution in [0.3, 0.4) is 0 Å². The highest BCUT2D eigenvalue weighted by Gasteiger charge is 1.93. The van der Waals surface area contributed by atoms with E-state index in [1.807, 2.05) is 19.1 Å². The molecule has 0 aromatic rings. The van der Waals surface area contributed by atoms with Crippen LogP contribution in [0.5, 0.6) is 0 Å². The van der Waals surface area contributed by atoms with Crippen LogP contribution < -0.4 is 5.32 Å². The lowest BCUT2D eigenvalue weighted by molar-refractivity contribution is 0.162. The van der Waals surface area contributed by atoms with E-state index in [0.29, 0.717) is 0 Å². The highest BCUT2D eigenvalue weighted by atomic mass is 16.5. The standard InChI is InChI=1S/C10H15NO2/c1-3-5-6-7-8-11-10(12)13-9-4-2/h4-8H,2-3,9H2,1H3,(H,11,12)/b6-5+,8-7+. The average molecular weight is 181 g/mol. The van der Waals surface area contributed by atoms with Gasteiger partial charge >= 0.3 is 6.09 Å². The first-order chi connectivity index (χ1) is 6.31. The number of hydrogen-bond donors (Lipinski definition) is 1. The molecule has 0 radical (unpaired) electrons. The summed E-state index contributed by atoms with van der Waals surface area (Å²) in [5, 5.41) is 2.44. The van der Waals surface area contributed by atoms with Gasteiger partial charge in [0.1, 0.15) is 6.61 Å². The van der Waals surface area contributed by atoms with Crippen molar-refractivity contribution in [2.75, 3.05) is 6.61 Å². The van der Waals surface area contributed by atoms with Crippen LogP contribution >= 0.6 is 0 Å². The minimum Gasteiger partial charge on any atom is -0.445 e. The minimum absolute atomic E-state index is 0.227. The summed E-state index contributed by atoms with van der Waals surface area (Å²) in [6, 6.07) is 0. The maximum absolute atomic E-state index is 10.8. The van der Waals surface area contributed by atoms with Gasteiger partial charge in [0.05, 0.1) is 0 Å². The summed E-state index contributed by atoms with van der Waals surface area (Å²) in [6.07, 6.45) is 9.11.